The molecule has 20 heavy (non-hydrogen) atoms. The van der Waals surface area contributed by atoms with Gasteiger partial charge in [0.2, 0.25) is 0 Å². The molecule has 0 spiro atoms. The zero-order chi connectivity index (χ0) is 14.5. The molecule has 1 aliphatic rings. The van der Waals surface area contributed by atoms with Crippen molar-refractivity contribution in [2.75, 3.05) is 5.32 Å². The molecule has 0 bridgehead atoms. The van der Waals surface area contributed by atoms with Gasteiger partial charge in [-0.15, -0.1) is 0 Å². The van der Waals surface area contributed by atoms with Crippen LogP contribution < -0.4 is 10.6 Å². The summed E-state index contributed by atoms with van der Waals surface area (Å²) in [5.41, 5.74) is 1.84. The Balaban J connectivity index is 1.88. The fourth-order valence-corrected chi connectivity index (χ4v) is 2.72. The van der Waals surface area contributed by atoms with E-state index in [-0.39, 0.29) is 6.03 Å². The van der Waals surface area contributed by atoms with Crippen molar-refractivity contribution >= 4 is 34.9 Å². The van der Waals surface area contributed by atoms with Crippen molar-refractivity contribution in [1.29, 1.82) is 0 Å². The zero-order valence-electron chi connectivity index (χ0n) is 11.4. The SMILES string of the molecule is C/C(=C\NC(=O)Nc1ccc(Cl)c(Cl)c1)C1CCCC1. The quantitative estimate of drug-likeness (QED) is 0.790. The maximum atomic E-state index is 11.8. The van der Waals surface area contributed by atoms with Gasteiger partial charge in [-0.1, -0.05) is 41.6 Å². The Morgan fingerprint density at radius 3 is 2.60 bits per heavy atom. The molecule has 1 aromatic rings. The molecule has 0 aromatic heterocycles. The fraction of sp³-hybridized carbons (Fsp3) is 0.400. The Morgan fingerprint density at radius 2 is 1.95 bits per heavy atom. The molecule has 0 aliphatic heterocycles. The van der Waals surface area contributed by atoms with E-state index in [2.05, 4.69) is 17.6 Å². The molecule has 1 fully saturated rings. The van der Waals surface area contributed by atoms with Crippen LogP contribution in [0.3, 0.4) is 0 Å². The van der Waals surface area contributed by atoms with Gasteiger partial charge in [0.25, 0.3) is 0 Å². The van der Waals surface area contributed by atoms with Gasteiger partial charge in [-0.3, -0.25) is 0 Å². The number of halogens is 2. The van der Waals surface area contributed by atoms with Crippen LogP contribution in [0.1, 0.15) is 32.6 Å². The van der Waals surface area contributed by atoms with Crippen LogP contribution in [0.2, 0.25) is 10.0 Å². The molecule has 2 N–H and O–H groups in total. The Kier molecular flexibility index (Phi) is 5.32. The topological polar surface area (TPSA) is 41.1 Å². The van der Waals surface area contributed by atoms with E-state index in [0.29, 0.717) is 21.7 Å². The first-order chi connectivity index (χ1) is 9.56. The molecule has 1 aromatic carbocycles. The van der Waals surface area contributed by atoms with Crippen molar-refractivity contribution in [1.82, 2.24) is 5.32 Å². The van der Waals surface area contributed by atoms with E-state index in [4.69, 9.17) is 23.2 Å². The molecule has 0 heterocycles. The number of hydrogen-bond acceptors (Lipinski definition) is 1. The van der Waals surface area contributed by atoms with E-state index in [9.17, 15) is 4.79 Å². The summed E-state index contributed by atoms with van der Waals surface area (Å²) in [6, 6.07) is 4.71. The first kappa shape index (κ1) is 15.2. The second kappa shape index (κ2) is 7.00. The summed E-state index contributed by atoms with van der Waals surface area (Å²) < 4.78 is 0. The smallest absolute Gasteiger partial charge is 0.314 e. The number of allylic oxidation sites excluding steroid dienone is 1. The second-order valence-electron chi connectivity index (χ2n) is 5.10. The third-order valence-electron chi connectivity index (χ3n) is 3.61. The molecular formula is C15H18Cl2N2O. The minimum Gasteiger partial charge on any atom is -0.314 e. The van der Waals surface area contributed by atoms with Gasteiger partial charge in [0.15, 0.2) is 0 Å². The lowest BCUT2D eigenvalue weighted by molar-refractivity contribution is 0.255. The monoisotopic (exact) mass is 312 g/mol. The van der Waals surface area contributed by atoms with Crippen molar-refractivity contribution in [3.63, 3.8) is 0 Å². The van der Waals surface area contributed by atoms with Gasteiger partial charge in [0, 0.05) is 11.9 Å². The van der Waals surface area contributed by atoms with Gasteiger partial charge in [0.05, 0.1) is 10.0 Å². The molecule has 0 unspecified atom stereocenters. The van der Waals surface area contributed by atoms with Gasteiger partial charge in [0.1, 0.15) is 0 Å². The summed E-state index contributed by atoms with van der Waals surface area (Å²) in [7, 11) is 0. The predicted octanol–water partition coefficient (Wildman–Crippen LogP) is 5.21. The number of urea groups is 1. The number of amides is 2. The fourth-order valence-electron chi connectivity index (χ4n) is 2.42. The van der Waals surface area contributed by atoms with E-state index in [1.54, 1.807) is 24.4 Å². The second-order valence-corrected chi connectivity index (χ2v) is 5.91. The molecule has 0 atom stereocenters. The van der Waals surface area contributed by atoms with Crippen molar-refractivity contribution < 1.29 is 4.79 Å². The third-order valence-corrected chi connectivity index (χ3v) is 4.35. The minimum atomic E-state index is -0.277. The van der Waals surface area contributed by atoms with E-state index in [0.717, 1.165) is 0 Å². The minimum absolute atomic E-state index is 0.277. The highest BCUT2D eigenvalue weighted by atomic mass is 35.5. The zero-order valence-corrected chi connectivity index (χ0v) is 12.9. The Labute approximate surface area is 129 Å². The van der Waals surface area contributed by atoms with Crippen LogP contribution in [0.5, 0.6) is 0 Å². The number of benzene rings is 1. The van der Waals surface area contributed by atoms with E-state index in [1.165, 1.54) is 31.3 Å². The van der Waals surface area contributed by atoms with Crippen molar-refractivity contribution in [2.24, 2.45) is 5.92 Å². The summed E-state index contributed by atoms with van der Waals surface area (Å²) in [4.78, 5) is 11.8. The number of nitrogens with one attached hydrogen (secondary N) is 2. The predicted molar refractivity (Wildman–Crippen MR) is 84.3 cm³/mol. The number of hydrogen-bond donors (Lipinski definition) is 2. The average molecular weight is 313 g/mol. The summed E-state index contributed by atoms with van der Waals surface area (Å²) >= 11 is 11.7. The summed E-state index contributed by atoms with van der Waals surface area (Å²) in [5, 5.41) is 6.36. The Bertz CT molecular complexity index is 523. The largest absolute Gasteiger partial charge is 0.323 e. The maximum absolute atomic E-state index is 11.8. The highest BCUT2D eigenvalue weighted by Gasteiger charge is 2.16. The van der Waals surface area contributed by atoms with Crippen LogP contribution in [0, 0.1) is 5.92 Å². The molecule has 0 radical (unpaired) electrons. The molecule has 0 saturated heterocycles. The molecule has 1 aliphatic carbocycles. The van der Waals surface area contributed by atoms with Crippen molar-refractivity contribution in [3.05, 3.63) is 40.0 Å². The molecular weight excluding hydrogens is 295 g/mol. The number of carbonyl (C=O) groups excluding carboxylic acids is 1. The molecule has 5 heteroatoms. The first-order valence-corrected chi connectivity index (χ1v) is 7.51. The van der Waals surface area contributed by atoms with Crippen molar-refractivity contribution in [3.8, 4) is 0 Å². The van der Waals surface area contributed by atoms with E-state index in [1.807, 2.05) is 0 Å². The lowest BCUT2D eigenvalue weighted by Gasteiger charge is -2.10. The Morgan fingerprint density at radius 1 is 1.25 bits per heavy atom. The van der Waals surface area contributed by atoms with Gasteiger partial charge in [-0.2, -0.15) is 0 Å². The van der Waals surface area contributed by atoms with Crippen LogP contribution in [-0.2, 0) is 0 Å². The molecule has 2 rings (SSSR count). The number of anilines is 1. The van der Waals surface area contributed by atoms with Crippen molar-refractivity contribution in [2.45, 2.75) is 32.6 Å². The first-order valence-electron chi connectivity index (χ1n) is 6.75. The molecule has 3 nitrogen and oxygen atoms in total. The van der Waals surface area contributed by atoms with E-state index >= 15 is 0 Å². The lowest BCUT2D eigenvalue weighted by atomic mass is 10.0. The number of carbonyl (C=O) groups is 1. The van der Waals surface area contributed by atoms with Crippen LogP contribution in [0.25, 0.3) is 0 Å². The van der Waals surface area contributed by atoms with Crippen LogP contribution >= 0.6 is 23.2 Å². The molecule has 2 amide bonds. The van der Waals surface area contributed by atoms with Crippen LogP contribution in [0.4, 0.5) is 10.5 Å². The summed E-state index contributed by atoms with van der Waals surface area (Å²) in [6.45, 7) is 2.06. The lowest BCUT2D eigenvalue weighted by Crippen LogP contribution is -2.24. The molecule has 108 valence electrons. The highest BCUT2D eigenvalue weighted by molar-refractivity contribution is 6.42. The number of rotatable bonds is 3. The average Bonchev–Trinajstić information content (AvgIpc) is 2.94. The highest BCUT2D eigenvalue weighted by Crippen LogP contribution is 2.30. The van der Waals surface area contributed by atoms with E-state index < -0.39 is 0 Å². The molecule has 1 saturated carbocycles. The van der Waals surface area contributed by atoms with Crippen LogP contribution in [0.15, 0.2) is 30.0 Å². The van der Waals surface area contributed by atoms with Crippen LogP contribution in [-0.4, -0.2) is 6.03 Å². The van der Waals surface area contributed by atoms with Gasteiger partial charge in [-0.05, 0) is 43.9 Å². The van der Waals surface area contributed by atoms with Gasteiger partial charge in [-0.25, -0.2) is 4.79 Å². The van der Waals surface area contributed by atoms with Gasteiger partial charge >= 0.3 is 6.03 Å². The van der Waals surface area contributed by atoms with Gasteiger partial charge < -0.3 is 10.6 Å². The Hall–Kier alpha value is -1.19. The summed E-state index contributed by atoms with van der Waals surface area (Å²) in [5.74, 6) is 0.611. The third kappa shape index (κ3) is 4.15. The summed E-state index contributed by atoms with van der Waals surface area (Å²) in [6.07, 6.45) is 6.80. The maximum Gasteiger partial charge on any atom is 0.323 e. The normalized spacial score (nSPS) is 16.2. The standard InChI is InChI=1S/C15H18Cl2N2O/c1-10(11-4-2-3-5-11)9-18-15(20)19-12-6-7-13(16)14(17)8-12/h6-9,11H,2-5H2,1H3,(H2,18,19,20)/b10-9+.